The number of hydrogen-bond donors (Lipinski definition) is 1. The Bertz CT molecular complexity index is 339. The van der Waals surface area contributed by atoms with Gasteiger partial charge in [-0.25, -0.2) is 0 Å². The van der Waals surface area contributed by atoms with Gasteiger partial charge in [-0.3, -0.25) is 0 Å². The molecule has 1 aromatic heterocycles. The molecule has 0 spiro atoms. The Morgan fingerprint density at radius 3 is 2.56 bits per heavy atom. The monoisotopic (exact) mass is 269 g/mol. The van der Waals surface area contributed by atoms with E-state index in [-0.39, 0.29) is 5.41 Å². The summed E-state index contributed by atoms with van der Waals surface area (Å²) in [4.78, 5) is 2.88. The predicted molar refractivity (Wildman–Crippen MR) is 80.4 cm³/mol. The van der Waals surface area contributed by atoms with E-state index in [9.17, 15) is 0 Å². The van der Waals surface area contributed by atoms with Gasteiger partial charge in [0.2, 0.25) is 0 Å². The highest BCUT2D eigenvalue weighted by atomic mass is 32.1. The second-order valence-corrected chi connectivity index (χ2v) is 7.13. The number of hydrogen-bond acceptors (Lipinski definition) is 3. The van der Waals surface area contributed by atoms with Gasteiger partial charge < -0.3 is 10.1 Å². The lowest BCUT2D eigenvalue weighted by Crippen LogP contribution is -2.16. The van der Waals surface area contributed by atoms with E-state index in [0.29, 0.717) is 6.10 Å². The lowest BCUT2D eigenvalue weighted by molar-refractivity contribution is 0.0770. The van der Waals surface area contributed by atoms with E-state index in [2.05, 4.69) is 52.1 Å². The summed E-state index contributed by atoms with van der Waals surface area (Å²) in [6, 6.07) is 4.49. The van der Waals surface area contributed by atoms with Gasteiger partial charge in [0.05, 0.1) is 6.10 Å². The molecule has 0 amide bonds. The first-order valence-corrected chi connectivity index (χ1v) is 7.63. The van der Waals surface area contributed by atoms with Crippen molar-refractivity contribution in [1.29, 1.82) is 0 Å². The molecule has 0 saturated heterocycles. The summed E-state index contributed by atoms with van der Waals surface area (Å²) in [6.07, 6.45) is 1.42. The summed E-state index contributed by atoms with van der Waals surface area (Å²) in [5.74, 6) is 0. The van der Waals surface area contributed by atoms with E-state index in [4.69, 9.17) is 4.74 Å². The van der Waals surface area contributed by atoms with Crippen LogP contribution in [0.2, 0.25) is 0 Å². The third-order valence-corrected chi connectivity index (χ3v) is 4.16. The molecule has 2 nitrogen and oxygen atoms in total. The van der Waals surface area contributed by atoms with Crippen molar-refractivity contribution in [3.63, 3.8) is 0 Å². The van der Waals surface area contributed by atoms with Crippen LogP contribution in [0.1, 0.15) is 50.8 Å². The van der Waals surface area contributed by atoms with Crippen LogP contribution in [0.3, 0.4) is 0 Å². The van der Waals surface area contributed by atoms with Gasteiger partial charge in [0, 0.05) is 22.9 Å². The third kappa shape index (κ3) is 5.98. The van der Waals surface area contributed by atoms with Gasteiger partial charge in [-0.05, 0) is 44.4 Å². The van der Waals surface area contributed by atoms with E-state index in [1.807, 2.05) is 11.3 Å². The van der Waals surface area contributed by atoms with E-state index in [1.165, 1.54) is 9.75 Å². The summed E-state index contributed by atoms with van der Waals surface area (Å²) in [5, 5.41) is 3.47. The van der Waals surface area contributed by atoms with Gasteiger partial charge >= 0.3 is 0 Å². The SMILES string of the molecule is CC(C)OCCCNCc1ccc(C(C)(C)C)s1. The first kappa shape index (κ1) is 15.7. The summed E-state index contributed by atoms with van der Waals surface area (Å²) < 4.78 is 5.51. The van der Waals surface area contributed by atoms with Crippen molar-refractivity contribution < 1.29 is 4.74 Å². The first-order valence-electron chi connectivity index (χ1n) is 6.81. The molecule has 104 valence electrons. The van der Waals surface area contributed by atoms with Crippen molar-refractivity contribution in [1.82, 2.24) is 5.32 Å². The van der Waals surface area contributed by atoms with Crippen LogP contribution < -0.4 is 5.32 Å². The van der Waals surface area contributed by atoms with Gasteiger partial charge in [-0.15, -0.1) is 11.3 Å². The molecule has 1 rings (SSSR count). The number of ether oxygens (including phenoxy) is 1. The van der Waals surface area contributed by atoms with Crippen LogP contribution in [0, 0.1) is 0 Å². The number of rotatable bonds is 7. The molecule has 0 aliphatic rings. The van der Waals surface area contributed by atoms with E-state index >= 15 is 0 Å². The third-order valence-electron chi connectivity index (χ3n) is 2.65. The fraction of sp³-hybridized carbons (Fsp3) is 0.733. The molecular formula is C15H27NOS. The zero-order valence-electron chi connectivity index (χ0n) is 12.4. The van der Waals surface area contributed by atoms with Crippen LogP contribution in [0.5, 0.6) is 0 Å². The highest BCUT2D eigenvalue weighted by Crippen LogP contribution is 2.29. The highest BCUT2D eigenvalue weighted by Gasteiger charge is 2.15. The standard InChI is InChI=1S/C15H27NOS/c1-12(2)17-10-6-9-16-11-13-7-8-14(18-13)15(3,4)5/h7-8,12,16H,6,9-11H2,1-5H3. The Labute approximate surface area is 116 Å². The van der Waals surface area contributed by atoms with Gasteiger partial charge in [-0.2, -0.15) is 0 Å². The maximum Gasteiger partial charge on any atom is 0.0518 e. The quantitative estimate of drug-likeness (QED) is 0.757. The highest BCUT2D eigenvalue weighted by molar-refractivity contribution is 7.12. The van der Waals surface area contributed by atoms with Crippen LogP contribution in [-0.4, -0.2) is 19.3 Å². The second-order valence-electron chi connectivity index (χ2n) is 5.97. The molecule has 1 N–H and O–H groups in total. The van der Waals surface area contributed by atoms with Crippen molar-refractivity contribution in [3.8, 4) is 0 Å². The Morgan fingerprint density at radius 1 is 1.28 bits per heavy atom. The minimum absolute atomic E-state index is 0.272. The number of nitrogens with one attached hydrogen (secondary N) is 1. The van der Waals surface area contributed by atoms with Gasteiger partial charge in [0.25, 0.3) is 0 Å². The fourth-order valence-electron chi connectivity index (χ4n) is 1.60. The predicted octanol–water partition coefficient (Wildman–Crippen LogP) is 3.95. The van der Waals surface area contributed by atoms with Crippen molar-refractivity contribution in [2.75, 3.05) is 13.2 Å². The lowest BCUT2D eigenvalue weighted by Gasteiger charge is -2.15. The molecular weight excluding hydrogens is 242 g/mol. The molecule has 0 bridgehead atoms. The summed E-state index contributed by atoms with van der Waals surface area (Å²) in [7, 11) is 0. The van der Waals surface area contributed by atoms with Gasteiger partial charge in [0.15, 0.2) is 0 Å². The molecule has 18 heavy (non-hydrogen) atoms. The van der Waals surface area contributed by atoms with Gasteiger partial charge in [-0.1, -0.05) is 20.8 Å². The van der Waals surface area contributed by atoms with Crippen LogP contribution in [0.25, 0.3) is 0 Å². The average Bonchev–Trinajstić information content (AvgIpc) is 2.71. The van der Waals surface area contributed by atoms with Crippen LogP contribution >= 0.6 is 11.3 Å². The van der Waals surface area contributed by atoms with E-state index < -0.39 is 0 Å². The van der Waals surface area contributed by atoms with Crippen LogP contribution in [0.15, 0.2) is 12.1 Å². The Morgan fingerprint density at radius 2 is 2.00 bits per heavy atom. The van der Waals surface area contributed by atoms with Crippen molar-refractivity contribution in [3.05, 3.63) is 21.9 Å². The van der Waals surface area contributed by atoms with Crippen LogP contribution in [-0.2, 0) is 16.7 Å². The van der Waals surface area contributed by atoms with Crippen molar-refractivity contribution in [2.24, 2.45) is 0 Å². The molecule has 0 aliphatic heterocycles. The normalized spacial score (nSPS) is 12.3. The Hall–Kier alpha value is -0.380. The molecule has 0 atom stereocenters. The zero-order chi connectivity index (χ0) is 13.6. The topological polar surface area (TPSA) is 21.3 Å². The summed E-state index contributed by atoms with van der Waals surface area (Å²) in [6.45, 7) is 13.8. The molecule has 0 unspecified atom stereocenters. The maximum absolute atomic E-state index is 5.51. The van der Waals surface area contributed by atoms with E-state index in [1.54, 1.807) is 0 Å². The van der Waals surface area contributed by atoms with Crippen molar-refractivity contribution in [2.45, 2.75) is 59.1 Å². The summed E-state index contributed by atoms with van der Waals surface area (Å²) >= 11 is 1.91. The van der Waals surface area contributed by atoms with Gasteiger partial charge in [0.1, 0.15) is 0 Å². The average molecular weight is 269 g/mol. The minimum Gasteiger partial charge on any atom is -0.379 e. The Balaban J connectivity index is 2.18. The zero-order valence-corrected chi connectivity index (χ0v) is 13.2. The lowest BCUT2D eigenvalue weighted by atomic mass is 9.95. The molecule has 0 fully saturated rings. The molecule has 0 aromatic carbocycles. The van der Waals surface area contributed by atoms with Crippen molar-refractivity contribution >= 4 is 11.3 Å². The molecule has 3 heteroatoms. The molecule has 1 aromatic rings. The smallest absolute Gasteiger partial charge is 0.0518 e. The molecule has 0 aliphatic carbocycles. The van der Waals surface area contributed by atoms with E-state index in [0.717, 1.165) is 26.1 Å². The maximum atomic E-state index is 5.51. The van der Waals surface area contributed by atoms with Crippen LogP contribution in [0.4, 0.5) is 0 Å². The first-order chi connectivity index (χ1) is 8.39. The summed E-state index contributed by atoms with van der Waals surface area (Å²) in [5.41, 5.74) is 0.272. The molecule has 1 heterocycles. The fourth-order valence-corrected chi connectivity index (χ4v) is 2.64. The largest absolute Gasteiger partial charge is 0.379 e. The minimum atomic E-state index is 0.272. The molecule has 0 radical (unpaired) electrons. The molecule has 0 saturated carbocycles. The number of thiophene rings is 1. The second kappa shape index (κ2) is 7.27. The Kier molecular flexibility index (Phi) is 6.33.